The molecule has 1 aromatic rings. The summed E-state index contributed by atoms with van der Waals surface area (Å²) in [5.41, 5.74) is 1.13. The lowest BCUT2D eigenvalue weighted by molar-refractivity contribution is -0.137. The van der Waals surface area contributed by atoms with Crippen LogP contribution in [0.5, 0.6) is 11.5 Å². The molecule has 2 aliphatic heterocycles. The van der Waals surface area contributed by atoms with Crippen molar-refractivity contribution >= 4 is 17.7 Å². The highest BCUT2D eigenvalue weighted by atomic mass is 16.5. The Bertz CT molecular complexity index is 729. The Hall–Kier alpha value is -2.57. The van der Waals surface area contributed by atoms with Crippen LogP contribution < -0.4 is 9.47 Å². The number of hydrogen-bond donors (Lipinski definition) is 1. The molecule has 0 unspecified atom stereocenters. The van der Waals surface area contributed by atoms with Crippen molar-refractivity contribution in [3.05, 3.63) is 23.3 Å². The average Bonchev–Trinajstić information content (AvgIpc) is 2.73. The summed E-state index contributed by atoms with van der Waals surface area (Å²) in [7, 11) is 1.49. The summed E-state index contributed by atoms with van der Waals surface area (Å²) in [6.45, 7) is 0.822. The average molecular weight is 361 g/mol. The molecule has 0 aromatic heterocycles. The van der Waals surface area contributed by atoms with Gasteiger partial charge in [0.1, 0.15) is 0 Å². The fraction of sp³-hybridized carbons (Fsp3) is 0.526. The van der Waals surface area contributed by atoms with Crippen LogP contribution in [-0.4, -0.2) is 54.0 Å². The summed E-state index contributed by atoms with van der Waals surface area (Å²) in [5, 5.41) is 8.70. The normalized spacial score (nSPS) is 19.4. The lowest BCUT2D eigenvalue weighted by Gasteiger charge is -2.33. The maximum absolute atomic E-state index is 12.9. The minimum Gasteiger partial charge on any atom is -0.493 e. The molecule has 1 fully saturated rings. The summed E-state index contributed by atoms with van der Waals surface area (Å²) in [4.78, 5) is 37.9. The molecule has 26 heavy (non-hydrogen) atoms. The molecule has 2 aliphatic rings. The van der Waals surface area contributed by atoms with Gasteiger partial charge in [-0.3, -0.25) is 14.4 Å². The number of amides is 1. The molecule has 1 amide bonds. The number of carbonyl (C=O) groups excluding carboxylic acids is 2. The Labute approximate surface area is 151 Å². The second-order valence-corrected chi connectivity index (χ2v) is 6.66. The van der Waals surface area contributed by atoms with E-state index in [4.69, 9.17) is 14.6 Å². The van der Waals surface area contributed by atoms with Crippen molar-refractivity contribution in [1.82, 2.24) is 4.90 Å². The molecule has 0 spiro atoms. The zero-order valence-corrected chi connectivity index (χ0v) is 14.8. The number of ether oxygens (including phenoxy) is 2. The molecule has 0 bridgehead atoms. The number of rotatable bonds is 6. The van der Waals surface area contributed by atoms with Gasteiger partial charge >= 0.3 is 5.97 Å². The molecule has 0 saturated carbocycles. The number of carbonyl (C=O) groups is 3. The molecular formula is C19H23NO6. The van der Waals surface area contributed by atoms with Crippen molar-refractivity contribution in [1.29, 1.82) is 0 Å². The second kappa shape index (κ2) is 7.76. The highest BCUT2D eigenvalue weighted by Crippen LogP contribution is 2.35. The van der Waals surface area contributed by atoms with Crippen molar-refractivity contribution in [2.24, 2.45) is 0 Å². The van der Waals surface area contributed by atoms with Gasteiger partial charge in [0, 0.05) is 24.9 Å². The van der Waals surface area contributed by atoms with Crippen molar-refractivity contribution in [2.75, 3.05) is 20.3 Å². The SMILES string of the molecule is COc1cc2c(cc1OCCCC(=O)O)CC(=O)[C@@H]1CCCCN1C2=O. The maximum atomic E-state index is 12.9. The van der Waals surface area contributed by atoms with Gasteiger partial charge in [0.2, 0.25) is 0 Å². The summed E-state index contributed by atoms with van der Waals surface area (Å²) in [6, 6.07) is 2.98. The third-order valence-corrected chi connectivity index (χ3v) is 4.91. The predicted molar refractivity (Wildman–Crippen MR) is 92.7 cm³/mol. The molecule has 1 N–H and O–H groups in total. The fourth-order valence-electron chi connectivity index (χ4n) is 3.59. The zero-order chi connectivity index (χ0) is 18.7. The van der Waals surface area contributed by atoms with Crippen molar-refractivity contribution in [2.45, 2.75) is 44.6 Å². The van der Waals surface area contributed by atoms with Gasteiger partial charge in [-0.2, -0.15) is 0 Å². The number of hydrogen-bond acceptors (Lipinski definition) is 5. The lowest BCUT2D eigenvalue weighted by Crippen LogP contribution is -2.46. The van der Waals surface area contributed by atoms with E-state index in [0.717, 1.165) is 12.8 Å². The summed E-state index contributed by atoms with van der Waals surface area (Å²) < 4.78 is 11.0. The Balaban J connectivity index is 1.87. The number of carboxylic acid groups (broad SMARTS) is 1. The highest BCUT2D eigenvalue weighted by Gasteiger charge is 2.37. The van der Waals surface area contributed by atoms with Gasteiger partial charge in [0.05, 0.1) is 19.8 Å². The second-order valence-electron chi connectivity index (χ2n) is 6.66. The summed E-state index contributed by atoms with van der Waals surface area (Å²) in [6.07, 6.45) is 3.15. The van der Waals surface area contributed by atoms with Gasteiger partial charge in [0.25, 0.3) is 5.91 Å². The summed E-state index contributed by atoms with van der Waals surface area (Å²) >= 11 is 0. The third kappa shape index (κ3) is 3.66. The van der Waals surface area contributed by atoms with Crippen LogP contribution in [0.1, 0.15) is 48.0 Å². The van der Waals surface area contributed by atoms with Gasteiger partial charge in [0.15, 0.2) is 17.3 Å². The Kier molecular flexibility index (Phi) is 5.44. The van der Waals surface area contributed by atoms with E-state index in [2.05, 4.69) is 0 Å². The first-order chi connectivity index (χ1) is 12.5. The van der Waals surface area contributed by atoms with E-state index in [1.54, 1.807) is 17.0 Å². The molecule has 7 heteroatoms. The molecule has 1 aromatic carbocycles. The van der Waals surface area contributed by atoms with E-state index in [1.807, 2.05) is 0 Å². The summed E-state index contributed by atoms with van der Waals surface area (Å²) in [5.74, 6) is -0.118. The van der Waals surface area contributed by atoms with Gasteiger partial charge in [-0.05, 0) is 43.4 Å². The first-order valence-corrected chi connectivity index (χ1v) is 8.90. The van der Waals surface area contributed by atoms with Crippen LogP contribution in [0.4, 0.5) is 0 Å². The van der Waals surface area contributed by atoms with Crippen molar-refractivity contribution < 1.29 is 29.0 Å². The van der Waals surface area contributed by atoms with Crippen LogP contribution in [-0.2, 0) is 16.0 Å². The van der Waals surface area contributed by atoms with E-state index in [9.17, 15) is 14.4 Å². The maximum Gasteiger partial charge on any atom is 0.303 e. The van der Waals surface area contributed by atoms with Gasteiger partial charge in [-0.15, -0.1) is 0 Å². The van der Waals surface area contributed by atoms with Gasteiger partial charge in [-0.1, -0.05) is 0 Å². The van der Waals surface area contributed by atoms with Crippen molar-refractivity contribution in [3.8, 4) is 11.5 Å². The molecule has 140 valence electrons. The quantitative estimate of drug-likeness (QED) is 0.780. The molecule has 1 atom stereocenters. The van der Waals surface area contributed by atoms with Crippen LogP contribution in [0.3, 0.4) is 0 Å². The Morgan fingerprint density at radius 3 is 2.81 bits per heavy atom. The fourth-order valence-corrected chi connectivity index (χ4v) is 3.59. The number of Topliss-reactive ketones (excluding diaryl/α,β-unsaturated/α-hetero) is 1. The highest BCUT2D eigenvalue weighted by molar-refractivity contribution is 6.03. The number of nitrogens with zero attached hydrogens (tertiary/aromatic N) is 1. The molecule has 2 heterocycles. The van der Waals surface area contributed by atoms with Crippen LogP contribution in [0.15, 0.2) is 12.1 Å². The first-order valence-electron chi connectivity index (χ1n) is 8.90. The molecular weight excluding hydrogens is 338 g/mol. The number of aliphatic carboxylic acids is 1. The largest absolute Gasteiger partial charge is 0.493 e. The number of methoxy groups -OCH3 is 1. The Morgan fingerprint density at radius 2 is 2.08 bits per heavy atom. The van der Waals surface area contributed by atoms with Crippen LogP contribution in [0.2, 0.25) is 0 Å². The lowest BCUT2D eigenvalue weighted by atomic mass is 9.96. The minimum absolute atomic E-state index is 0.0148. The molecule has 0 aliphatic carbocycles. The number of fused-ring (bicyclic) bond motifs is 2. The number of piperidine rings is 1. The third-order valence-electron chi connectivity index (χ3n) is 4.91. The topological polar surface area (TPSA) is 93.1 Å². The number of carboxylic acids is 1. The van der Waals surface area contributed by atoms with Crippen molar-refractivity contribution in [3.63, 3.8) is 0 Å². The van der Waals surface area contributed by atoms with Crippen LogP contribution >= 0.6 is 0 Å². The smallest absolute Gasteiger partial charge is 0.303 e. The molecule has 7 nitrogen and oxygen atoms in total. The van der Waals surface area contributed by atoms with Crippen LogP contribution in [0, 0.1) is 0 Å². The van der Waals surface area contributed by atoms with E-state index in [-0.39, 0.29) is 37.2 Å². The zero-order valence-electron chi connectivity index (χ0n) is 14.8. The van der Waals surface area contributed by atoms with E-state index < -0.39 is 5.97 Å². The van der Waals surface area contributed by atoms with Gasteiger partial charge < -0.3 is 19.5 Å². The van der Waals surface area contributed by atoms with E-state index in [1.165, 1.54) is 7.11 Å². The predicted octanol–water partition coefficient (Wildman–Crippen LogP) is 2.06. The first kappa shape index (κ1) is 18.2. The Morgan fingerprint density at radius 1 is 1.27 bits per heavy atom. The standard InChI is InChI=1S/C19H23NO6/c1-25-16-11-13-12(10-17(16)26-8-4-6-18(22)23)9-15(21)14-5-2-3-7-20(14)19(13)24/h10-11,14H,2-9H2,1H3,(H,22,23)/t14-/m0/s1. The minimum atomic E-state index is -0.879. The molecule has 0 radical (unpaired) electrons. The molecule has 3 rings (SSSR count). The van der Waals surface area contributed by atoms with Gasteiger partial charge in [-0.25, -0.2) is 0 Å². The monoisotopic (exact) mass is 361 g/mol. The molecule has 1 saturated heterocycles. The number of benzene rings is 1. The number of ketones is 1. The van der Waals surface area contributed by atoms with Crippen LogP contribution in [0.25, 0.3) is 0 Å². The van der Waals surface area contributed by atoms with E-state index >= 15 is 0 Å². The van der Waals surface area contributed by atoms with E-state index in [0.29, 0.717) is 42.0 Å².